The van der Waals surface area contributed by atoms with E-state index in [0.717, 1.165) is 39.5 Å². The minimum absolute atomic E-state index is 0.00152. The molecule has 5 rings (SSSR count). The number of urea groups is 1. The maximum Gasteiger partial charge on any atom is 0.407 e. The number of ether oxygens (including phenoxy) is 1. The predicted octanol–water partition coefficient (Wildman–Crippen LogP) is 8.31. The Morgan fingerprint density at radius 3 is 2.24 bits per heavy atom. The van der Waals surface area contributed by atoms with Gasteiger partial charge in [-0.05, 0) is 69.4 Å². The zero-order valence-electron chi connectivity index (χ0n) is 29.5. The Labute approximate surface area is 303 Å². The van der Waals surface area contributed by atoms with Crippen LogP contribution < -0.4 is 10.6 Å². The Kier molecular flexibility index (Phi) is 13.2. The van der Waals surface area contributed by atoms with Gasteiger partial charge in [-0.25, -0.2) is 14.6 Å². The molecule has 11 heteroatoms. The molecule has 1 aliphatic carbocycles. The lowest BCUT2D eigenvalue weighted by molar-refractivity contribution is -0.125. The van der Waals surface area contributed by atoms with Crippen LogP contribution in [0.3, 0.4) is 0 Å². The predicted molar refractivity (Wildman–Crippen MR) is 199 cm³/mol. The molecule has 50 heavy (non-hydrogen) atoms. The fourth-order valence-corrected chi connectivity index (χ4v) is 7.29. The first-order valence-corrected chi connectivity index (χ1v) is 19.3. The molecule has 0 bridgehead atoms. The summed E-state index contributed by atoms with van der Waals surface area (Å²) in [5.41, 5.74) is 3.79. The van der Waals surface area contributed by atoms with Crippen LogP contribution in [0.5, 0.6) is 0 Å². The molecule has 0 aliphatic heterocycles. The van der Waals surface area contributed by atoms with Crippen molar-refractivity contribution >= 4 is 40.6 Å². The molecule has 1 saturated carbocycles. The van der Waals surface area contributed by atoms with Crippen molar-refractivity contribution in [2.24, 2.45) is 5.92 Å². The van der Waals surface area contributed by atoms with Crippen LogP contribution >= 0.6 is 22.7 Å². The number of Topliss-reactive ketones (excluding diaryl/α,β-unsaturated/α-hetero) is 1. The van der Waals surface area contributed by atoms with Crippen molar-refractivity contribution in [1.82, 2.24) is 25.5 Å². The summed E-state index contributed by atoms with van der Waals surface area (Å²) in [7, 11) is 0. The molecular weight excluding hydrogens is 667 g/mol. The fraction of sp³-hybridized carbons (Fsp3) is 0.462. The number of carbonyl (C=O) groups excluding carboxylic acids is 3. The van der Waals surface area contributed by atoms with Crippen LogP contribution in [0.15, 0.2) is 77.8 Å². The average Bonchev–Trinajstić information content (AvgIpc) is 3.57. The quantitative estimate of drug-likeness (QED) is 0.107. The molecule has 0 unspecified atom stereocenters. The Hall–Kier alpha value is -4.09. The van der Waals surface area contributed by atoms with Crippen LogP contribution in [-0.4, -0.2) is 50.4 Å². The molecular formula is C39H49N5O4S2. The van der Waals surface area contributed by atoms with E-state index in [9.17, 15) is 14.4 Å². The maximum absolute atomic E-state index is 14.0. The number of nitrogens with zero attached hydrogens (tertiary/aromatic N) is 3. The summed E-state index contributed by atoms with van der Waals surface area (Å²) in [4.78, 5) is 52.1. The standard InChI is InChI=1S/C39H49N5O4S2/c1-27(2)36-41-32(25-49-36)23-44(33-17-18-33)37(46)43-39(3,4)35(45)21-30(19-28-11-7-5-8-12-28)15-16-31(20-29-13-9-6-10-14-29)42-38(47)48-24-34-22-40-26-50-34/h5-14,22,25-27,30-31,33H,15-21,23-24H2,1-4H3,(H,42,47)(H,43,46)/t30-,31-/m1/s1. The van der Waals surface area contributed by atoms with Gasteiger partial charge in [-0.3, -0.25) is 9.78 Å². The highest BCUT2D eigenvalue weighted by atomic mass is 32.1. The van der Waals surface area contributed by atoms with Gasteiger partial charge in [0.15, 0.2) is 5.78 Å². The Balaban J connectivity index is 1.24. The number of hydrogen-bond donors (Lipinski definition) is 2. The van der Waals surface area contributed by atoms with Crippen LogP contribution in [0.4, 0.5) is 9.59 Å². The lowest BCUT2D eigenvalue weighted by Crippen LogP contribution is -2.55. The number of carbonyl (C=O) groups is 3. The number of nitrogens with one attached hydrogen (secondary N) is 2. The van der Waals surface area contributed by atoms with Crippen LogP contribution in [0.25, 0.3) is 0 Å². The molecule has 1 aliphatic rings. The smallest absolute Gasteiger partial charge is 0.407 e. The largest absolute Gasteiger partial charge is 0.444 e. The summed E-state index contributed by atoms with van der Waals surface area (Å²) < 4.78 is 5.51. The highest BCUT2D eigenvalue weighted by molar-refractivity contribution is 7.09. The molecule has 2 N–H and O–H groups in total. The summed E-state index contributed by atoms with van der Waals surface area (Å²) in [6.45, 7) is 8.44. The SMILES string of the molecule is CC(C)c1nc(CN(C(=O)NC(C)(C)C(=O)C[C@H](CC[C@H](Cc2ccccc2)NC(=O)OCc2cncs2)Cc2ccccc2)C2CC2)cs1. The van der Waals surface area contributed by atoms with Gasteiger partial charge in [-0.2, -0.15) is 0 Å². The van der Waals surface area contributed by atoms with Crippen molar-refractivity contribution in [3.63, 3.8) is 0 Å². The van der Waals surface area contributed by atoms with Crippen molar-refractivity contribution in [3.05, 3.63) is 104 Å². The molecule has 3 amide bonds. The molecule has 2 atom stereocenters. The van der Waals surface area contributed by atoms with Crippen molar-refractivity contribution < 1.29 is 19.1 Å². The highest BCUT2D eigenvalue weighted by Crippen LogP contribution is 2.30. The van der Waals surface area contributed by atoms with E-state index in [4.69, 9.17) is 9.72 Å². The lowest BCUT2D eigenvalue weighted by atomic mass is 9.84. The molecule has 2 aromatic heterocycles. The van der Waals surface area contributed by atoms with E-state index < -0.39 is 11.6 Å². The highest BCUT2D eigenvalue weighted by Gasteiger charge is 2.38. The Morgan fingerprint density at radius 1 is 0.960 bits per heavy atom. The van der Waals surface area contributed by atoms with E-state index in [2.05, 4.69) is 53.7 Å². The fourth-order valence-electron chi connectivity index (χ4n) is 5.96. The second-order valence-corrected chi connectivity index (χ2v) is 15.9. The van der Waals surface area contributed by atoms with E-state index >= 15 is 0 Å². The first kappa shape index (κ1) is 37.2. The summed E-state index contributed by atoms with van der Waals surface area (Å²) in [5.74, 6) is 0.318. The van der Waals surface area contributed by atoms with E-state index in [1.807, 2.05) is 46.7 Å². The molecule has 266 valence electrons. The maximum atomic E-state index is 14.0. The van der Waals surface area contributed by atoms with Crippen LogP contribution in [0.1, 0.15) is 92.4 Å². The first-order chi connectivity index (χ1) is 24.1. The number of alkyl carbamates (subject to hydrolysis) is 1. The molecule has 2 aromatic carbocycles. The zero-order valence-corrected chi connectivity index (χ0v) is 31.1. The van der Waals surface area contributed by atoms with Crippen molar-refractivity contribution in [1.29, 1.82) is 0 Å². The van der Waals surface area contributed by atoms with Gasteiger partial charge in [0.25, 0.3) is 0 Å². The summed E-state index contributed by atoms with van der Waals surface area (Å²) >= 11 is 3.07. The van der Waals surface area contributed by atoms with Gasteiger partial charge < -0.3 is 20.3 Å². The number of benzene rings is 2. The summed E-state index contributed by atoms with van der Waals surface area (Å²) in [6.07, 6.45) is 6.14. The number of ketones is 1. The normalized spacial score (nSPS) is 14.2. The molecule has 2 heterocycles. The van der Waals surface area contributed by atoms with E-state index in [1.165, 1.54) is 11.3 Å². The Bertz CT molecular complexity index is 1660. The van der Waals surface area contributed by atoms with Crippen molar-refractivity contribution in [2.75, 3.05) is 0 Å². The number of hydrogen-bond acceptors (Lipinski definition) is 8. The molecule has 0 saturated heterocycles. The molecule has 0 spiro atoms. The van der Waals surface area contributed by atoms with Crippen molar-refractivity contribution in [2.45, 2.75) is 109 Å². The van der Waals surface area contributed by atoms with Crippen LogP contribution in [0.2, 0.25) is 0 Å². The van der Waals surface area contributed by atoms with Gasteiger partial charge in [0.1, 0.15) is 6.61 Å². The third-order valence-corrected chi connectivity index (χ3v) is 10.9. The minimum Gasteiger partial charge on any atom is -0.444 e. The van der Waals surface area contributed by atoms with Gasteiger partial charge in [-0.1, -0.05) is 74.5 Å². The number of aromatic nitrogens is 2. The lowest BCUT2D eigenvalue weighted by Gasteiger charge is -2.31. The molecule has 9 nitrogen and oxygen atoms in total. The van der Waals surface area contributed by atoms with E-state index in [-0.39, 0.29) is 36.4 Å². The van der Waals surface area contributed by atoms with E-state index in [1.54, 1.807) is 36.9 Å². The van der Waals surface area contributed by atoms with Gasteiger partial charge in [-0.15, -0.1) is 22.7 Å². The third-order valence-electron chi connectivity index (χ3n) is 9.00. The van der Waals surface area contributed by atoms with Gasteiger partial charge in [0.05, 0.1) is 33.2 Å². The summed E-state index contributed by atoms with van der Waals surface area (Å²) in [6, 6.07) is 20.0. The average molecular weight is 716 g/mol. The molecule has 4 aromatic rings. The molecule has 1 fully saturated rings. The Morgan fingerprint density at radius 2 is 1.64 bits per heavy atom. The second kappa shape index (κ2) is 17.7. The topological polar surface area (TPSA) is 114 Å². The minimum atomic E-state index is -1.06. The third kappa shape index (κ3) is 11.5. The summed E-state index contributed by atoms with van der Waals surface area (Å²) in [5, 5.41) is 9.26. The van der Waals surface area contributed by atoms with Crippen molar-refractivity contribution in [3.8, 4) is 0 Å². The molecule has 0 radical (unpaired) electrons. The first-order valence-electron chi connectivity index (χ1n) is 17.5. The zero-order chi connectivity index (χ0) is 35.5. The van der Waals surface area contributed by atoms with Crippen LogP contribution in [-0.2, 0) is 35.5 Å². The monoisotopic (exact) mass is 715 g/mol. The number of thiazole rings is 2. The van der Waals surface area contributed by atoms with Gasteiger partial charge in [0.2, 0.25) is 0 Å². The number of rotatable bonds is 18. The second-order valence-electron chi connectivity index (χ2n) is 14.1. The van der Waals surface area contributed by atoms with Gasteiger partial charge in [0, 0.05) is 36.0 Å². The van der Waals surface area contributed by atoms with Gasteiger partial charge >= 0.3 is 12.1 Å². The number of amides is 3. The van der Waals surface area contributed by atoms with Crippen LogP contribution in [0, 0.1) is 5.92 Å². The van der Waals surface area contributed by atoms with E-state index in [0.29, 0.717) is 44.6 Å².